The van der Waals surface area contributed by atoms with Gasteiger partial charge in [0.15, 0.2) is 0 Å². The lowest BCUT2D eigenvalue weighted by Gasteiger charge is -2.12. The lowest BCUT2D eigenvalue weighted by molar-refractivity contribution is 0.816. The van der Waals surface area contributed by atoms with Crippen molar-refractivity contribution in [3.8, 4) is 0 Å². The molecular formula is C27H32. The molecule has 0 spiro atoms. The summed E-state index contributed by atoms with van der Waals surface area (Å²) < 4.78 is 0. The van der Waals surface area contributed by atoms with Gasteiger partial charge in [0.1, 0.15) is 0 Å². The Morgan fingerprint density at radius 3 is 1.52 bits per heavy atom. The largest absolute Gasteiger partial charge is 0.0654 e. The molecule has 0 saturated carbocycles. The molecule has 0 amide bonds. The van der Waals surface area contributed by atoms with Gasteiger partial charge in [-0.1, -0.05) is 86.4 Å². The van der Waals surface area contributed by atoms with Crippen molar-refractivity contribution < 1.29 is 0 Å². The highest BCUT2D eigenvalue weighted by molar-refractivity contribution is 5.80. The first-order valence-corrected chi connectivity index (χ1v) is 10.9. The number of hydrogen-bond donors (Lipinski definition) is 0. The Labute approximate surface area is 165 Å². The second-order valence-electron chi connectivity index (χ2n) is 8.22. The molecule has 27 heavy (non-hydrogen) atoms. The van der Waals surface area contributed by atoms with Crippen LogP contribution in [0.5, 0.6) is 0 Å². The minimum atomic E-state index is 1.16. The fraction of sp³-hybridized carbons (Fsp3) is 0.407. The molecule has 0 heteroatoms. The van der Waals surface area contributed by atoms with E-state index in [4.69, 9.17) is 0 Å². The van der Waals surface area contributed by atoms with Crippen LogP contribution in [0.2, 0.25) is 0 Å². The van der Waals surface area contributed by atoms with E-state index in [9.17, 15) is 0 Å². The number of unbranched alkanes of at least 4 members (excludes halogenated alkanes) is 2. The molecule has 0 fully saturated rings. The maximum absolute atomic E-state index is 2.35. The van der Waals surface area contributed by atoms with Crippen molar-refractivity contribution in [1.29, 1.82) is 0 Å². The van der Waals surface area contributed by atoms with Gasteiger partial charge in [-0.2, -0.15) is 0 Å². The Hall–Kier alpha value is -2.08. The van der Waals surface area contributed by atoms with Gasteiger partial charge in [0, 0.05) is 0 Å². The molecule has 0 atom stereocenters. The Balaban J connectivity index is 1.67. The van der Waals surface area contributed by atoms with Crippen LogP contribution in [-0.2, 0) is 12.8 Å². The van der Waals surface area contributed by atoms with E-state index in [-0.39, 0.29) is 0 Å². The maximum atomic E-state index is 2.35. The zero-order valence-corrected chi connectivity index (χ0v) is 17.0. The SMILES string of the molecule is CCCCC1=C(CC2=C(CCCC)c3ccccc3C2)Cc2ccccc21. The summed E-state index contributed by atoms with van der Waals surface area (Å²) in [4.78, 5) is 0. The topological polar surface area (TPSA) is 0 Å². The van der Waals surface area contributed by atoms with Gasteiger partial charge in [-0.05, 0) is 78.3 Å². The molecule has 0 radical (unpaired) electrons. The predicted molar refractivity (Wildman–Crippen MR) is 118 cm³/mol. The third kappa shape index (κ3) is 3.68. The van der Waals surface area contributed by atoms with Crippen LogP contribution >= 0.6 is 0 Å². The number of fused-ring (bicyclic) bond motifs is 2. The van der Waals surface area contributed by atoms with Gasteiger partial charge in [0.2, 0.25) is 0 Å². The van der Waals surface area contributed by atoms with Crippen LogP contribution in [0.1, 0.15) is 81.0 Å². The summed E-state index contributed by atoms with van der Waals surface area (Å²) in [5.74, 6) is 0. The highest BCUT2D eigenvalue weighted by Crippen LogP contribution is 2.43. The van der Waals surface area contributed by atoms with Crippen molar-refractivity contribution in [2.45, 2.75) is 71.6 Å². The first-order valence-electron chi connectivity index (χ1n) is 10.9. The van der Waals surface area contributed by atoms with Crippen LogP contribution in [0.4, 0.5) is 0 Å². The van der Waals surface area contributed by atoms with Gasteiger partial charge >= 0.3 is 0 Å². The Kier molecular flexibility index (Phi) is 5.62. The summed E-state index contributed by atoms with van der Waals surface area (Å²) >= 11 is 0. The van der Waals surface area contributed by atoms with E-state index in [0.717, 1.165) is 12.8 Å². The summed E-state index contributed by atoms with van der Waals surface area (Å²) in [6.07, 6.45) is 11.1. The summed E-state index contributed by atoms with van der Waals surface area (Å²) in [5.41, 5.74) is 12.9. The first kappa shape index (κ1) is 18.3. The normalized spacial score (nSPS) is 15.5. The van der Waals surface area contributed by atoms with Gasteiger partial charge in [0.05, 0.1) is 0 Å². The molecule has 0 N–H and O–H groups in total. The summed E-state index contributed by atoms with van der Waals surface area (Å²) in [7, 11) is 0. The Bertz CT molecular complexity index is 805. The van der Waals surface area contributed by atoms with Gasteiger partial charge < -0.3 is 0 Å². The number of benzene rings is 2. The van der Waals surface area contributed by atoms with E-state index in [0.29, 0.717) is 0 Å². The first-order chi connectivity index (χ1) is 13.3. The van der Waals surface area contributed by atoms with Gasteiger partial charge in [-0.15, -0.1) is 0 Å². The molecule has 0 bridgehead atoms. The van der Waals surface area contributed by atoms with Gasteiger partial charge in [-0.3, -0.25) is 0 Å². The second kappa shape index (κ2) is 8.30. The zero-order chi connectivity index (χ0) is 18.6. The van der Waals surface area contributed by atoms with Crippen LogP contribution < -0.4 is 0 Å². The van der Waals surface area contributed by atoms with Crippen LogP contribution in [0.15, 0.2) is 59.7 Å². The van der Waals surface area contributed by atoms with E-state index in [1.165, 1.54) is 56.1 Å². The molecule has 0 saturated heterocycles. The predicted octanol–water partition coefficient (Wildman–Crippen LogP) is 7.78. The molecule has 0 heterocycles. The van der Waals surface area contributed by atoms with Crippen molar-refractivity contribution >= 4 is 11.1 Å². The third-order valence-electron chi connectivity index (χ3n) is 6.33. The Morgan fingerprint density at radius 1 is 0.630 bits per heavy atom. The lowest BCUT2D eigenvalue weighted by Crippen LogP contribution is -1.94. The average Bonchev–Trinajstić information content (AvgIpc) is 3.22. The molecule has 0 unspecified atom stereocenters. The van der Waals surface area contributed by atoms with Crippen molar-refractivity contribution in [2.24, 2.45) is 0 Å². The fourth-order valence-electron chi connectivity index (χ4n) is 4.92. The quantitative estimate of drug-likeness (QED) is 0.453. The molecule has 0 nitrogen and oxygen atoms in total. The number of rotatable bonds is 8. The molecule has 0 aromatic heterocycles. The van der Waals surface area contributed by atoms with Crippen LogP contribution in [0.25, 0.3) is 11.1 Å². The Morgan fingerprint density at radius 2 is 1.07 bits per heavy atom. The molecule has 4 rings (SSSR count). The summed E-state index contributed by atoms with van der Waals surface area (Å²) in [6.45, 7) is 4.61. The highest BCUT2D eigenvalue weighted by atomic mass is 14.3. The smallest absolute Gasteiger partial charge is 0.00518 e. The average molecular weight is 357 g/mol. The van der Waals surface area contributed by atoms with Crippen LogP contribution in [0, 0.1) is 0 Å². The minimum absolute atomic E-state index is 1.16. The van der Waals surface area contributed by atoms with Crippen molar-refractivity contribution in [1.82, 2.24) is 0 Å². The minimum Gasteiger partial charge on any atom is -0.0654 e. The fourth-order valence-corrected chi connectivity index (χ4v) is 4.92. The molecular weight excluding hydrogens is 324 g/mol. The van der Waals surface area contributed by atoms with Crippen LogP contribution in [-0.4, -0.2) is 0 Å². The molecule has 140 valence electrons. The highest BCUT2D eigenvalue weighted by Gasteiger charge is 2.25. The molecule has 2 aromatic rings. The standard InChI is InChI=1S/C27H32/c1-3-5-13-26-22(17-20-11-7-9-15-24(20)26)19-23-18-21-12-8-10-16-25(21)27(23)14-6-4-2/h7-12,15-16H,3-6,13-14,17-19H2,1-2H3. The van der Waals surface area contributed by atoms with Gasteiger partial charge in [-0.25, -0.2) is 0 Å². The molecule has 0 aliphatic heterocycles. The maximum Gasteiger partial charge on any atom is -0.00518 e. The van der Waals surface area contributed by atoms with E-state index >= 15 is 0 Å². The van der Waals surface area contributed by atoms with Crippen molar-refractivity contribution in [3.05, 3.63) is 81.9 Å². The molecule has 2 aliphatic rings. The van der Waals surface area contributed by atoms with E-state index in [1.807, 2.05) is 0 Å². The van der Waals surface area contributed by atoms with Crippen LogP contribution in [0.3, 0.4) is 0 Å². The summed E-state index contributed by atoms with van der Waals surface area (Å²) in [5, 5.41) is 0. The van der Waals surface area contributed by atoms with Gasteiger partial charge in [0.25, 0.3) is 0 Å². The van der Waals surface area contributed by atoms with Crippen molar-refractivity contribution in [3.63, 3.8) is 0 Å². The van der Waals surface area contributed by atoms with Crippen molar-refractivity contribution in [2.75, 3.05) is 0 Å². The van der Waals surface area contributed by atoms with E-state index in [1.54, 1.807) is 33.4 Å². The number of hydrogen-bond acceptors (Lipinski definition) is 0. The third-order valence-corrected chi connectivity index (χ3v) is 6.33. The molecule has 2 aliphatic carbocycles. The number of allylic oxidation sites excluding steroid dienone is 4. The molecule has 2 aromatic carbocycles. The second-order valence-corrected chi connectivity index (χ2v) is 8.22. The zero-order valence-electron chi connectivity index (χ0n) is 17.0. The lowest BCUT2D eigenvalue weighted by atomic mass is 9.93. The summed E-state index contributed by atoms with van der Waals surface area (Å²) in [6, 6.07) is 18.2. The van der Waals surface area contributed by atoms with E-state index in [2.05, 4.69) is 62.4 Å². The monoisotopic (exact) mass is 356 g/mol. The van der Waals surface area contributed by atoms with E-state index < -0.39 is 0 Å².